The molecule has 0 saturated carbocycles. The molecule has 0 radical (unpaired) electrons. The van der Waals surface area contributed by atoms with E-state index in [9.17, 15) is 36.6 Å². The first-order valence-electron chi connectivity index (χ1n) is 4.99. The smallest absolute Gasteiger partial charge is 0.430 e. The minimum atomic E-state index is -5.96. The fourth-order valence-corrected chi connectivity index (χ4v) is 1.69. The van der Waals surface area contributed by atoms with Crippen molar-refractivity contribution in [2.75, 3.05) is 0 Å². The monoisotopic (exact) mass is 288 g/mol. The fourth-order valence-electron chi connectivity index (χ4n) is 1.69. The van der Waals surface area contributed by atoms with Crippen molar-refractivity contribution in [3.63, 3.8) is 0 Å². The Balaban J connectivity index is 3.67. The van der Waals surface area contributed by atoms with E-state index in [1.807, 2.05) is 0 Å². The largest absolute Gasteiger partial charge is 0.507 e. The second-order valence-corrected chi connectivity index (χ2v) is 4.11. The minimum absolute atomic E-state index is 0.105. The third-order valence-corrected chi connectivity index (χ3v) is 2.84. The molecule has 0 amide bonds. The number of aliphatic hydroxyl groups is 1. The summed E-state index contributed by atoms with van der Waals surface area (Å²) in [7, 11) is 0. The lowest BCUT2D eigenvalue weighted by molar-refractivity contribution is -0.376. The summed E-state index contributed by atoms with van der Waals surface area (Å²) in [5, 5.41) is 18.6. The molecular weight excluding hydrogens is 278 g/mol. The van der Waals surface area contributed by atoms with Crippen LogP contribution in [0.15, 0.2) is 12.1 Å². The molecule has 8 heteroatoms. The van der Waals surface area contributed by atoms with Crippen LogP contribution in [0.2, 0.25) is 0 Å². The van der Waals surface area contributed by atoms with Crippen molar-refractivity contribution < 1.29 is 36.6 Å². The Kier molecular flexibility index (Phi) is 3.53. The molecule has 19 heavy (non-hydrogen) atoms. The lowest BCUT2D eigenvalue weighted by Crippen LogP contribution is -2.54. The molecular formula is C11H10F6O2. The number of hydrogen-bond acceptors (Lipinski definition) is 2. The topological polar surface area (TPSA) is 40.5 Å². The highest BCUT2D eigenvalue weighted by atomic mass is 19.4. The van der Waals surface area contributed by atoms with Gasteiger partial charge in [-0.3, -0.25) is 0 Å². The zero-order chi connectivity index (χ0) is 15.2. The third-order valence-electron chi connectivity index (χ3n) is 2.84. The van der Waals surface area contributed by atoms with E-state index in [2.05, 4.69) is 0 Å². The van der Waals surface area contributed by atoms with E-state index in [0.29, 0.717) is 6.07 Å². The number of benzene rings is 1. The van der Waals surface area contributed by atoms with Gasteiger partial charge < -0.3 is 10.2 Å². The molecule has 0 bridgehead atoms. The molecule has 1 aromatic rings. The van der Waals surface area contributed by atoms with Crippen molar-refractivity contribution in [2.45, 2.75) is 31.8 Å². The van der Waals surface area contributed by atoms with Gasteiger partial charge in [0.1, 0.15) is 5.75 Å². The molecule has 0 saturated heterocycles. The molecule has 0 atom stereocenters. The van der Waals surface area contributed by atoms with Gasteiger partial charge in [-0.15, -0.1) is 0 Å². The maximum atomic E-state index is 12.6. The first-order chi connectivity index (χ1) is 8.34. The van der Waals surface area contributed by atoms with Crippen molar-refractivity contribution in [1.82, 2.24) is 0 Å². The first-order valence-corrected chi connectivity index (χ1v) is 4.99. The van der Waals surface area contributed by atoms with Crippen molar-refractivity contribution in [2.24, 2.45) is 0 Å². The van der Waals surface area contributed by atoms with Crippen LogP contribution in [0.4, 0.5) is 26.3 Å². The first kappa shape index (κ1) is 15.6. The zero-order valence-electron chi connectivity index (χ0n) is 9.82. The molecule has 0 aliphatic carbocycles. The number of phenols is 1. The Morgan fingerprint density at radius 2 is 1.32 bits per heavy atom. The summed E-state index contributed by atoms with van der Waals surface area (Å²) in [6, 6.07) is 1.38. The highest BCUT2D eigenvalue weighted by Crippen LogP contribution is 2.51. The van der Waals surface area contributed by atoms with E-state index < -0.39 is 34.8 Å². The predicted octanol–water partition coefficient (Wildman–Crippen LogP) is 3.32. The third kappa shape index (κ3) is 2.24. The number of alkyl halides is 6. The molecule has 1 aromatic carbocycles. The van der Waals surface area contributed by atoms with E-state index >= 15 is 0 Å². The molecule has 0 heterocycles. The van der Waals surface area contributed by atoms with Crippen LogP contribution in [-0.2, 0) is 5.60 Å². The van der Waals surface area contributed by atoms with Crippen LogP contribution in [0.5, 0.6) is 5.75 Å². The van der Waals surface area contributed by atoms with Crippen molar-refractivity contribution in [1.29, 1.82) is 0 Å². The van der Waals surface area contributed by atoms with Crippen molar-refractivity contribution in [3.05, 3.63) is 28.8 Å². The Hall–Kier alpha value is -1.44. The number of halogens is 6. The maximum absolute atomic E-state index is 12.6. The van der Waals surface area contributed by atoms with E-state index in [1.54, 1.807) is 0 Å². The highest BCUT2D eigenvalue weighted by molar-refractivity contribution is 5.47. The molecule has 0 aliphatic rings. The lowest BCUT2D eigenvalue weighted by Gasteiger charge is -2.34. The van der Waals surface area contributed by atoms with Crippen molar-refractivity contribution in [3.8, 4) is 5.75 Å². The van der Waals surface area contributed by atoms with Crippen LogP contribution in [-0.4, -0.2) is 22.6 Å². The Labute approximate surface area is 104 Å². The van der Waals surface area contributed by atoms with Crippen LogP contribution < -0.4 is 0 Å². The van der Waals surface area contributed by atoms with Gasteiger partial charge in [0.2, 0.25) is 0 Å². The van der Waals surface area contributed by atoms with Crippen LogP contribution in [0.3, 0.4) is 0 Å². The standard InChI is InChI=1S/C11H10F6O2/c1-5-3-4-7(6(2)8(5)18)9(19,10(12,13)14)11(15,16)17/h3-4,18-19H,1-2H3. The fraction of sp³-hybridized carbons (Fsp3) is 0.455. The number of aromatic hydroxyl groups is 1. The van der Waals surface area contributed by atoms with Gasteiger partial charge in [-0.1, -0.05) is 12.1 Å². The Morgan fingerprint density at radius 1 is 0.895 bits per heavy atom. The molecule has 108 valence electrons. The predicted molar refractivity (Wildman–Crippen MR) is 53.6 cm³/mol. The van der Waals surface area contributed by atoms with E-state index in [0.717, 1.165) is 13.0 Å². The van der Waals surface area contributed by atoms with Crippen LogP contribution >= 0.6 is 0 Å². The molecule has 0 aromatic heterocycles. The summed E-state index contributed by atoms with van der Waals surface area (Å²) in [6.07, 6.45) is -11.9. The van der Waals surface area contributed by atoms with Crippen LogP contribution in [0.25, 0.3) is 0 Å². The quantitative estimate of drug-likeness (QED) is 0.778. The second kappa shape index (κ2) is 4.29. The molecule has 2 nitrogen and oxygen atoms in total. The van der Waals surface area contributed by atoms with Gasteiger partial charge in [0.25, 0.3) is 5.60 Å². The van der Waals surface area contributed by atoms with Crippen LogP contribution in [0.1, 0.15) is 16.7 Å². The van der Waals surface area contributed by atoms with Gasteiger partial charge in [-0.05, 0) is 25.0 Å². The second-order valence-electron chi connectivity index (χ2n) is 4.11. The number of hydrogen-bond donors (Lipinski definition) is 2. The summed E-state index contributed by atoms with van der Waals surface area (Å²) < 4.78 is 75.9. The average molecular weight is 288 g/mol. The number of aryl methyl sites for hydroxylation is 1. The SMILES string of the molecule is Cc1ccc(C(O)(C(F)(F)F)C(F)(F)F)c(C)c1O. The van der Waals surface area contributed by atoms with Gasteiger partial charge in [-0.2, -0.15) is 26.3 Å². The number of phenolic OH excluding ortho intramolecular Hbond substituents is 1. The van der Waals surface area contributed by atoms with E-state index in [4.69, 9.17) is 0 Å². The normalized spacial score (nSPS) is 13.7. The number of rotatable bonds is 1. The van der Waals surface area contributed by atoms with Gasteiger partial charge >= 0.3 is 12.4 Å². The van der Waals surface area contributed by atoms with Gasteiger partial charge in [0, 0.05) is 5.56 Å². The van der Waals surface area contributed by atoms with E-state index in [1.165, 1.54) is 6.92 Å². The summed E-state index contributed by atoms with van der Waals surface area (Å²) in [5.41, 5.74) is -7.02. The Bertz CT molecular complexity index is 475. The van der Waals surface area contributed by atoms with Gasteiger partial charge in [-0.25, -0.2) is 0 Å². The maximum Gasteiger partial charge on any atom is 0.430 e. The van der Waals surface area contributed by atoms with Crippen LogP contribution in [0, 0.1) is 13.8 Å². The van der Waals surface area contributed by atoms with E-state index in [-0.39, 0.29) is 5.56 Å². The minimum Gasteiger partial charge on any atom is -0.507 e. The molecule has 0 spiro atoms. The summed E-state index contributed by atoms with van der Waals surface area (Å²) in [4.78, 5) is 0. The molecule has 2 N–H and O–H groups in total. The summed E-state index contributed by atoms with van der Waals surface area (Å²) >= 11 is 0. The lowest BCUT2D eigenvalue weighted by atomic mass is 9.87. The molecule has 0 fully saturated rings. The summed E-state index contributed by atoms with van der Waals surface area (Å²) in [5.74, 6) is -0.718. The summed E-state index contributed by atoms with van der Waals surface area (Å²) in [6.45, 7) is 2.19. The van der Waals surface area contributed by atoms with Crippen molar-refractivity contribution >= 4 is 0 Å². The molecule has 1 rings (SSSR count). The molecule has 0 aliphatic heterocycles. The highest BCUT2D eigenvalue weighted by Gasteiger charge is 2.71. The average Bonchev–Trinajstić information content (AvgIpc) is 2.22. The van der Waals surface area contributed by atoms with Gasteiger partial charge in [0.15, 0.2) is 0 Å². The Morgan fingerprint density at radius 3 is 1.68 bits per heavy atom. The molecule has 0 unspecified atom stereocenters. The zero-order valence-corrected chi connectivity index (χ0v) is 9.82. The van der Waals surface area contributed by atoms with Gasteiger partial charge in [0.05, 0.1) is 0 Å².